The zero-order valence-corrected chi connectivity index (χ0v) is 23.9. The highest BCUT2D eigenvalue weighted by Gasteiger charge is 2.66. The summed E-state index contributed by atoms with van der Waals surface area (Å²) in [4.78, 5) is 0. The maximum Gasteiger partial charge on any atom is 0.212 e. The van der Waals surface area contributed by atoms with Crippen LogP contribution in [0.5, 0.6) is 0 Å². The Kier molecular flexibility index (Phi) is 6.54. The van der Waals surface area contributed by atoms with Crippen LogP contribution in [0.1, 0.15) is 91.9 Å². The molecule has 0 heterocycles. The highest BCUT2D eigenvalue weighted by molar-refractivity contribution is 7.89. The number of aliphatic hydroxyl groups excluding tert-OH is 2. The third-order valence-electron chi connectivity index (χ3n) is 12.1. The van der Waals surface area contributed by atoms with Gasteiger partial charge in [0.15, 0.2) is 0 Å². The molecule has 4 N–H and O–H groups in total. The zero-order chi connectivity index (χ0) is 26.4. The summed E-state index contributed by atoms with van der Waals surface area (Å²) in [5.41, 5.74) is -1.81. The lowest BCUT2D eigenvalue weighted by atomic mass is 9.70. The van der Waals surface area contributed by atoms with Crippen molar-refractivity contribution in [3.8, 4) is 0 Å². The van der Waals surface area contributed by atoms with Gasteiger partial charge in [0, 0.05) is 22.9 Å². The molecule has 5 rings (SSSR count). The van der Waals surface area contributed by atoms with Crippen molar-refractivity contribution in [1.29, 1.82) is 0 Å². The van der Waals surface area contributed by atoms with E-state index in [1.54, 1.807) is 0 Å². The number of aliphatic hydroxyl groups is 2. The normalized spacial score (nSPS) is 45.4. The summed E-state index contributed by atoms with van der Waals surface area (Å²) in [5.74, 6) is 0.431. The monoisotopic (exact) mass is 546 g/mol. The molecule has 0 aliphatic heterocycles. The minimum absolute atomic E-state index is 0.120. The molecule has 0 aromatic rings. The molecule has 8 atom stereocenters. The number of nitrogens with one attached hydrogen (secondary N) is 2. The fraction of sp³-hybridized carbons (Fsp3) is 1.00. The zero-order valence-electron chi connectivity index (χ0n) is 22.3. The first-order valence-electron chi connectivity index (χ1n) is 13.9. The fourth-order valence-corrected chi connectivity index (χ4v) is 13.8. The first-order valence-corrected chi connectivity index (χ1v) is 17.2. The molecule has 4 bridgehead atoms. The van der Waals surface area contributed by atoms with Crippen LogP contribution in [-0.2, 0) is 20.0 Å². The van der Waals surface area contributed by atoms with E-state index in [1.807, 2.05) is 0 Å². The van der Waals surface area contributed by atoms with Crippen LogP contribution in [-0.4, -0.2) is 62.8 Å². The van der Waals surface area contributed by atoms with Crippen LogP contribution in [0.3, 0.4) is 0 Å². The Morgan fingerprint density at radius 3 is 1.31 bits per heavy atom. The number of sulfonamides is 2. The fourth-order valence-electron chi connectivity index (χ4n) is 9.39. The molecule has 5 aliphatic carbocycles. The van der Waals surface area contributed by atoms with Gasteiger partial charge >= 0.3 is 0 Å². The van der Waals surface area contributed by atoms with Gasteiger partial charge in [-0.3, -0.25) is 0 Å². The van der Waals surface area contributed by atoms with Crippen LogP contribution in [0.2, 0.25) is 0 Å². The van der Waals surface area contributed by atoms with Gasteiger partial charge in [-0.2, -0.15) is 0 Å². The van der Waals surface area contributed by atoms with Gasteiger partial charge in [-0.25, -0.2) is 26.3 Å². The van der Waals surface area contributed by atoms with Crippen LogP contribution < -0.4 is 9.44 Å². The minimum Gasteiger partial charge on any atom is -0.392 e. The first kappa shape index (κ1) is 27.3. The average molecular weight is 547 g/mol. The van der Waals surface area contributed by atoms with Crippen LogP contribution in [0.4, 0.5) is 0 Å². The molecule has 0 radical (unpaired) electrons. The van der Waals surface area contributed by atoms with Gasteiger partial charge in [-0.05, 0) is 74.0 Å². The highest BCUT2D eigenvalue weighted by atomic mass is 32.2. The summed E-state index contributed by atoms with van der Waals surface area (Å²) in [7, 11) is -7.49. The van der Waals surface area contributed by atoms with Crippen molar-refractivity contribution in [3.05, 3.63) is 0 Å². The van der Waals surface area contributed by atoms with E-state index in [4.69, 9.17) is 0 Å². The van der Waals surface area contributed by atoms with Crippen LogP contribution in [0.25, 0.3) is 0 Å². The van der Waals surface area contributed by atoms with E-state index in [-0.39, 0.29) is 22.3 Å². The largest absolute Gasteiger partial charge is 0.392 e. The molecule has 5 aliphatic rings. The molecular formula is C26H46N2O6S2. The molecule has 208 valence electrons. The predicted octanol–water partition coefficient (Wildman–Crippen LogP) is 2.51. The lowest BCUT2D eigenvalue weighted by molar-refractivity contribution is 0.0148. The minimum atomic E-state index is -3.75. The van der Waals surface area contributed by atoms with Crippen molar-refractivity contribution in [2.75, 3.05) is 11.5 Å². The molecular weight excluding hydrogens is 500 g/mol. The molecule has 0 spiro atoms. The van der Waals surface area contributed by atoms with Gasteiger partial charge in [-0.15, -0.1) is 0 Å². The van der Waals surface area contributed by atoms with E-state index in [0.29, 0.717) is 50.4 Å². The van der Waals surface area contributed by atoms with E-state index < -0.39 is 55.2 Å². The summed E-state index contributed by atoms with van der Waals surface area (Å²) in [6.45, 7) is 8.33. The van der Waals surface area contributed by atoms with Gasteiger partial charge < -0.3 is 10.2 Å². The van der Waals surface area contributed by atoms with Crippen LogP contribution in [0, 0.1) is 33.5 Å². The second kappa shape index (κ2) is 8.62. The third kappa shape index (κ3) is 4.03. The van der Waals surface area contributed by atoms with Gasteiger partial charge in [0.05, 0.1) is 23.7 Å². The second-order valence-electron chi connectivity index (χ2n) is 14.0. The Morgan fingerprint density at radius 1 is 0.667 bits per heavy atom. The Bertz CT molecular complexity index is 1000. The molecule has 4 unspecified atom stereocenters. The predicted molar refractivity (Wildman–Crippen MR) is 139 cm³/mol. The van der Waals surface area contributed by atoms with Crippen LogP contribution in [0.15, 0.2) is 0 Å². The lowest BCUT2D eigenvalue weighted by Gasteiger charge is -2.42. The highest BCUT2D eigenvalue weighted by Crippen LogP contribution is 2.67. The molecule has 10 heteroatoms. The molecule has 0 amide bonds. The quantitative estimate of drug-likeness (QED) is 0.370. The van der Waals surface area contributed by atoms with Gasteiger partial charge in [0.1, 0.15) is 0 Å². The van der Waals surface area contributed by atoms with E-state index in [9.17, 15) is 27.0 Å². The molecule has 5 saturated carbocycles. The number of hydrogen-bond donors (Lipinski definition) is 4. The topological polar surface area (TPSA) is 133 Å². The second-order valence-corrected chi connectivity index (χ2v) is 17.5. The van der Waals surface area contributed by atoms with Gasteiger partial charge in [0.25, 0.3) is 0 Å². The van der Waals surface area contributed by atoms with Crippen molar-refractivity contribution in [3.63, 3.8) is 0 Å². The van der Waals surface area contributed by atoms with E-state index >= 15 is 0 Å². The van der Waals surface area contributed by atoms with Gasteiger partial charge in [0.2, 0.25) is 20.0 Å². The molecule has 0 saturated heterocycles. The molecule has 36 heavy (non-hydrogen) atoms. The molecule has 8 nitrogen and oxygen atoms in total. The number of rotatable bonds is 8. The number of fused-ring (bicyclic) bond motifs is 4. The van der Waals surface area contributed by atoms with Crippen molar-refractivity contribution in [1.82, 2.24) is 9.44 Å². The summed E-state index contributed by atoms with van der Waals surface area (Å²) < 4.78 is 59.6. The van der Waals surface area contributed by atoms with E-state index in [2.05, 4.69) is 37.1 Å². The Hall–Kier alpha value is -0.260. The van der Waals surface area contributed by atoms with Crippen molar-refractivity contribution < 1.29 is 27.0 Å². The first-order chi connectivity index (χ1) is 16.6. The van der Waals surface area contributed by atoms with Gasteiger partial charge in [-0.1, -0.05) is 40.5 Å². The van der Waals surface area contributed by atoms with Crippen molar-refractivity contribution in [2.24, 2.45) is 33.5 Å². The maximum absolute atomic E-state index is 13.5. The maximum atomic E-state index is 13.5. The molecule has 0 aromatic heterocycles. The average Bonchev–Trinajstić information content (AvgIpc) is 3.27. The SMILES string of the molecule is CC1(C)C2CCC1(CS(=O)(=O)N[C@@H]1CCCC[C@H]1NS(=O)(=O)CC13CC[C@@H](CC1O)C3(C)C)[C@H](O)C2. The summed E-state index contributed by atoms with van der Waals surface area (Å²) in [5, 5.41) is 21.7. The number of hydrogen-bond acceptors (Lipinski definition) is 6. The van der Waals surface area contributed by atoms with Crippen LogP contribution >= 0.6 is 0 Å². The third-order valence-corrected chi connectivity index (χ3v) is 15.2. The Morgan fingerprint density at radius 2 is 1.03 bits per heavy atom. The smallest absolute Gasteiger partial charge is 0.212 e. The van der Waals surface area contributed by atoms with E-state index in [0.717, 1.165) is 25.7 Å². The van der Waals surface area contributed by atoms with E-state index in [1.165, 1.54) is 0 Å². The van der Waals surface area contributed by atoms with Crippen molar-refractivity contribution >= 4 is 20.0 Å². The molecule has 0 aromatic carbocycles. The summed E-state index contributed by atoms with van der Waals surface area (Å²) in [6, 6.07) is -1.02. The molecule has 5 fully saturated rings. The van der Waals surface area contributed by atoms with Crippen molar-refractivity contribution in [2.45, 2.75) is 116 Å². The lowest BCUT2D eigenvalue weighted by Crippen LogP contribution is -2.57. The Balaban J connectivity index is 1.30. The summed E-state index contributed by atoms with van der Waals surface area (Å²) >= 11 is 0. The standard InChI is InChI=1S/C26H46N2O6S2/c1-23(2)17-9-11-25(23,21(29)13-17)15-35(31,32)27-19-7-5-6-8-20(19)28-36(33,34)16-26-12-10-18(14-22(26)30)24(26,3)4/h17-22,27-30H,5-16H2,1-4H3/t17-,18?,19+,20+,21?,22+,25?,26?/m0/s1. The Labute approximate surface area is 217 Å². The summed E-state index contributed by atoms with van der Waals surface area (Å²) in [6.07, 6.45) is 6.17.